The van der Waals surface area contributed by atoms with Crippen LogP contribution in [0.3, 0.4) is 0 Å². The summed E-state index contributed by atoms with van der Waals surface area (Å²) in [5, 5.41) is 12.1. The maximum absolute atomic E-state index is 10.8. The molecule has 18 heavy (non-hydrogen) atoms. The average Bonchev–Trinajstić information content (AvgIpc) is 2.94. The van der Waals surface area contributed by atoms with Crippen LogP contribution in [0.4, 0.5) is 0 Å². The first kappa shape index (κ1) is 12.4. The lowest BCUT2D eigenvalue weighted by Crippen LogP contribution is -2.17. The molecule has 0 aliphatic carbocycles. The fourth-order valence-electron chi connectivity index (χ4n) is 1.74. The van der Waals surface area contributed by atoms with Gasteiger partial charge in [0, 0.05) is 5.56 Å². The van der Waals surface area contributed by atoms with E-state index in [9.17, 15) is 4.79 Å². The topological polar surface area (TPSA) is 75.6 Å². The molecule has 0 spiro atoms. The molecule has 0 unspecified atom stereocenters. The zero-order valence-electron chi connectivity index (χ0n) is 10.3. The van der Waals surface area contributed by atoms with Crippen LogP contribution in [0.25, 0.3) is 0 Å². The van der Waals surface area contributed by atoms with Crippen LogP contribution in [-0.4, -0.2) is 11.1 Å². The summed E-state index contributed by atoms with van der Waals surface area (Å²) in [6.07, 6.45) is 1.62. The van der Waals surface area contributed by atoms with Crippen LogP contribution in [0.15, 0.2) is 33.3 Å². The molecule has 0 amide bonds. The smallest absolute Gasteiger partial charge is 0.372 e. The van der Waals surface area contributed by atoms with Gasteiger partial charge in [0.1, 0.15) is 11.5 Å². The lowest BCUT2D eigenvalue weighted by atomic mass is 10.2. The van der Waals surface area contributed by atoms with Crippen molar-refractivity contribution in [2.75, 3.05) is 0 Å². The van der Waals surface area contributed by atoms with Gasteiger partial charge in [0.25, 0.3) is 0 Å². The Bertz CT molecular complexity index is 527. The Morgan fingerprint density at radius 2 is 2.33 bits per heavy atom. The average molecular weight is 249 g/mol. The molecule has 5 heteroatoms. The molecule has 2 aromatic heterocycles. The monoisotopic (exact) mass is 249 g/mol. The van der Waals surface area contributed by atoms with Gasteiger partial charge >= 0.3 is 5.97 Å². The summed E-state index contributed by atoms with van der Waals surface area (Å²) >= 11 is 0. The van der Waals surface area contributed by atoms with Crippen molar-refractivity contribution >= 4 is 5.97 Å². The first-order chi connectivity index (χ1) is 8.58. The molecule has 0 fully saturated rings. The Balaban J connectivity index is 1.98. The van der Waals surface area contributed by atoms with E-state index in [0.29, 0.717) is 17.9 Å². The van der Waals surface area contributed by atoms with E-state index in [4.69, 9.17) is 13.9 Å². The van der Waals surface area contributed by atoms with Gasteiger partial charge in [0.15, 0.2) is 0 Å². The van der Waals surface area contributed by atoms with E-state index < -0.39 is 5.97 Å². The third-order valence-electron chi connectivity index (χ3n) is 2.72. The van der Waals surface area contributed by atoms with E-state index in [1.54, 1.807) is 19.3 Å². The van der Waals surface area contributed by atoms with Crippen molar-refractivity contribution in [2.45, 2.75) is 26.4 Å². The summed E-state index contributed by atoms with van der Waals surface area (Å²) in [4.78, 5) is 10.8. The van der Waals surface area contributed by atoms with Gasteiger partial charge in [-0.2, -0.15) is 0 Å². The second-order valence-corrected chi connectivity index (χ2v) is 4.15. The first-order valence-electron chi connectivity index (χ1n) is 5.67. The summed E-state index contributed by atoms with van der Waals surface area (Å²) in [5.74, 6) is 0.385. The molecule has 2 heterocycles. The van der Waals surface area contributed by atoms with Gasteiger partial charge in [-0.25, -0.2) is 4.79 Å². The molecule has 2 rings (SSSR count). The van der Waals surface area contributed by atoms with E-state index in [1.807, 2.05) is 19.1 Å². The van der Waals surface area contributed by atoms with Gasteiger partial charge in [-0.15, -0.1) is 0 Å². The van der Waals surface area contributed by atoms with Gasteiger partial charge in [-0.1, -0.05) is 0 Å². The van der Waals surface area contributed by atoms with E-state index in [1.165, 1.54) is 0 Å². The summed E-state index contributed by atoms with van der Waals surface area (Å²) in [7, 11) is 0. The molecule has 0 aliphatic heterocycles. The van der Waals surface area contributed by atoms with Gasteiger partial charge in [-0.3, -0.25) is 0 Å². The summed E-state index contributed by atoms with van der Waals surface area (Å²) in [6.45, 7) is 4.13. The second-order valence-electron chi connectivity index (χ2n) is 4.15. The maximum atomic E-state index is 10.8. The molecule has 0 radical (unpaired) electrons. The number of furan rings is 2. The number of carboxylic acid groups (broad SMARTS) is 1. The Kier molecular flexibility index (Phi) is 3.53. The molecule has 2 N–H and O–H groups in total. The fourth-order valence-corrected chi connectivity index (χ4v) is 1.74. The Morgan fingerprint density at radius 1 is 1.56 bits per heavy atom. The maximum Gasteiger partial charge on any atom is 0.372 e. The van der Waals surface area contributed by atoms with Gasteiger partial charge in [-0.05, 0) is 32.0 Å². The van der Waals surface area contributed by atoms with Crippen molar-refractivity contribution in [3.8, 4) is 0 Å². The number of carbonyl (C=O) groups is 1. The molecular formula is C13H15NO4. The Morgan fingerprint density at radius 3 is 2.89 bits per heavy atom. The minimum Gasteiger partial charge on any atom is -0.475 e. The number of hydrogen-bond acceptors (Lipinski definition) is 4. The fraction of sp³-hybridized carbons (Fsp3) is 0.308. The van der Waals surface area contributed by atoms with Crippen molar-refractivity contribution in [2.24, 2.45) is 0 Å². The molecular weight excluding hydrogens is 234 g/mol. The molecule has 0 bridgehead atoms. The second kappa shape index (κ2) is 5.10. The van der Waals surface area contributed by atoms with Crippen LogP contribution in [0.5, 0.6) is 0 Å². The van der Waals surface area contributed by atoms with Crippen LogP contribution >= 0.6 is 0 Å². The number of carboxylic acids is 1. The molecule has 1 atom stereocenters. The number of hydrogen-bond donors (Lipinski definition) is 2. The van der Waals surface area contributed by atoms with Gasteiger partial charge in [0.05, 0.1) is 18.8 Å². The third-order valence-corrected chi connectivity index (χ3v) is 2.72. The highest BCUT2D eigenvalue weighted by Crippen LogP contribution is 2.17. The quantitative estimate of drug-likeness (QED) is 0.852. The lowest BCUT2D eigenvalue weighted by Gasteiger charge is -2.09. The van der Waals surface area contributed by atoms with Crippen molar-refractivity contribution in [3.63, 3.8) is 0 Å². The van der Waals surface area contributed by atoms with Crippen LogP contribution in [-0.2, 0) is 6.54 Å². The van der Waals surface area contributed by atoms with E-state index in [2.05, 4.69) is 5.32 Å². The molecule has 0 saturated carbocycles. The Labute approximate surface area is 104 Å². The van der Waals surface area contributed by atoms with Crippen LogP contribution < -0.4 is 5.32 Å². The minimum absolute atomic E-state index is 0.00236. The largest absolute Gasteiger partial charge is 0.475 e. The molecule has 96 valence electrons. The summed E-state index contributed by atoms with van der Waals surface area (Å²) in [5.41, 5.74) is 0.630. The predicted octanol–water partition coefficient (Wildman–Crippen LogP) is 2.73. The van der Waals surface area contributed by atoms with Gasteiger partial charge < -0.3 is 19.3 Å². The normalized spacial score (nSPS) is 12.6. The summed E-state index contributed by atoms with van der Waals surface area (Å²) < 4.78 is 10.5. The van der Waals surface area contributed by atoms with Crippen molar-refractivity contribution in [3.05, 3.63) is 47.3 Å². The molecule has 5 nitrogen and oxygen atoms in total. The van der Waals surface area contributed by atoms with Crippen LogP contribution in [0.2, 0.25) is 0 Å². The first-order valence-corrected chi connectivity index (χ1v) is 5.67. The number of aryl methyl sites for hydroxylation is 1. The molecule has 0 saturated heterocycles. The minimum atomic E-state index is -1.04. The van der Waals surface area contributed by atoms with Crippen LogP contribution in [0, 0.1) is 6.92 Å². The van der Waals surface area contributed by atoms with Crippen LogP contribution in [0.1, 0.15) is 40.6 Å². The summed E-state index contributed by atoms with van der Waals surface area (Å²) in [6, 6.07) is 5.48. The number of aromatic carboxylic acids is 1. The molecule has 2 aromatic rings. The van der Waals surface area contributed by atoms with Gasteiger partial charge in [0.2, 0.25) is 5.76 Å². The molecule has 0 aliphatic rings. The number of rotatable bonds is 5. The zero-order chi connectivity index (χ0) is 13.1. The van der Waals surface area contributed by atoms with E-state index in [-0.39, 0.29) is 11.8 Å². The van der Waals surface area contributed by atoms with Crippen molar-refractivity contribution in [1.29, 1.82) is 0 Å². The number of nitrogens with one attached hydrogen (secondary N) is 1. The van der Waals surface area contributed by atoms with E-state index in [0.717, 1.165) is 5.76 Å². The predicted molar refractivity (Wildman–Crippen MR) is 64.4 cm³/mol. The highest BCUT2D eigenvalue weighted by molar-refractivity contribution is 5.86. The standard InChI is InChI=1S/C13H15NO4/c1-8-6-10(18-12(8)13(15)16)7-14-9(2)11-4-3-5-17-11/h3-6,9,14H,7H2,1-2H3,(H,15,16)/t9-/m1/s1. The zero-order valence-corrected chi connectivity index (χ0v) is 10.3. The highest BCUT2D eigenvalue weighted by Gasteiger charge is 2.15. The lowest BCUT2D eigenvalue weighted by molar-refractivity contribution is 0.0659. The van der Waals surface area contributed by atoms with Crippen molar-refractivity contribution in [1.82, 2.24) is 5.32 Å². The third kappa shape index (κ3) is 2.62. The van der Waals surface area contributed by atoms with Crippen molar-refractivity contribution < 1.29 is 18.7 Å². The SMILES string of the molecule is Cc1cc(CN[C@H](C)c2ccco2)oc1C(=O)O. The molecule has 0 aromatic carbocycles. The Hall–Kier alpha value is -2.01. The van der Waals surface area contributed by atoms with E-state index >= 15 is 0 Å². The highest BCUT2D eigenvalue weighted by atomic mass is 16.4.